The third-order valence-corrected chi connectivity index (χ3v) is 4.43. The molecule has 0 aromatic heterocycles. The number of carbonyl (C=O) groups is 2. The highest BCUT2D eigenvalue weighted by molar-refractivity contribution is 6.40. The number of carbonyl (C=O) groups excluding carboxylic acids is 2. The molecule has 1 amide bonds. The van der Waals surface area contributed by atoms with Crippen LogP contribution in [0.25, 0.3) is 0 Å². The van der Waals surface area contributed by atoms with Crippen molar-refractivity contribution in [2.24, 2.45) is 0 Å². The highest BCUT2D eigenvalue weighted by Gasteiger charge is 2.49. The second-order valence-corrected chi connectivity index (χ2v) is 5.77. The standard InChI is InChI=1S/C14H12Cl2F3NO5/c1-23-10-5-4(6(15)11(24-2)12(10)25-3)8(7(16)9(5)21)20-13(22)14(17,18)19/h7-8H,1-3H3,(H,20,22). The lowest BCUT2D eigenvalue weighted by atomic mass is 10.0. The van der Waals surface area contributed by atoms with Crippen molar-refractivity contribution in [2.75, 3.05) is 21.3 Å². The number of nitrogens with one attached hydrogen (secondary N) is 1. The molecule has 1 aliphatic carbocycles. The fourth-order valence-electron chi connectivity index (χ4n) is 2.57. The van der Waals surface area contributed by atoms with Crippen LogP contribution in [0.4, 0.5) is 13.2 Å². The average Bonchev–Trinajstić information content (AvgIpc) is 2.79. The first-order chi connectivity index (χ1) is 11.6. The maximum Gasteiger partial charge on any atom is 0.471 e. The molecule has 1 aromatic rings. The van der Waals surface area contributed by atoms with Crippen LogP contribution in [-0.4, -0.2) is 44.6 Å². The van der Waals surface area contributed by atoms with Crippen molar-refractivity contribution in [2.45, 2.75) is 17.6 Å². The molecule has 0 bridgehead atoms. The minimum absolute atomic E-state index is 0.0197. The Balaban J connectivity index is 2.70. The Morgan fingerprint density at radius 1 is 1.08 bits per heavy atom. The van der Waals surface area contributed by atoms with E-state index in [9.17, 15) is 22.8 Å². The summed E-state index contributed by atoms with van der Waals surface area (Å²) in [5.41, 5.74) is -0.295. The number of amides is 1. The molecule has 138 valence electrons. The minimum Gasteiger partial charge on any atom is -0.492 e. The van der Waals surface area contributed by atoms with E-state index < -0.39 is 29.3 Å². The number of benzene rings is 1. The number of fused-ring (bicyclic) bond motifs is 1. The Morgan fingerprint density at radius 3 is 2.04 bits per heavy atom. The van der Waals surface area contributed by atoms with Crippen LogP contribution in [0.5, 0.6) is 17.2 Å². The maximum atomic E-state index is 12.6. The van der Waals surface area contributed by atoms with Gasteiger partial charge in [0.15, 0.2) is 17.3 Å². The van der Waals surface area contributed by atoms with Gasteiger partial charge in [-0.2, -0.15) is 13.2 Å². The molecule has 1 aromatic carbocycles. The number of rotatable bonds is 4. The third kappa shape index (κ3) is 3.06. The molecule has 2 rings (SSSR count). The molecule has 2 unspecified atom stereocenters. The van der Waals surface area contributed by atoms with E-state index in [-0.39, 0.29) is 33.4 Å². The molecule has 6 nitrogen and oxygen atoms in total. The first-order valence-electron chi connectivity index (χ1n) is 6.67. The summed E-state index contributed by atoms with van der Waals surface area (Å²) in [5.74, 6) is -3.20. The lowest BCUT2D eigenvalue weighted by Gasteiger charge is -2.21. The van der Waals surface area contributed by atoms with Gasteiger partial charge in [0, 0.05) is 5.56 Å². The molecule has 1 aliphatic rings. The summed E-state index contributed by atoms with van der Waals surface area (Å²) in [4.78, 5) is 23.7. The second-order valence-electron chi connectivity index (χ2n) is 4.92. The van der Waals surface area contributed by atoms with Crippen molar-refractivity contribution in [3.05, 3.63) is 16.1 Å². The fraction of sp³-hybridized carbons (Fsp3) is 0.429. The third-order valence-electron chi connectivity index (χ3n) is 3.60. The molecule has 0 saturated heterocycles. The van der Waals surface area contributed by atoms with E-state index >= 15 is 0 Å². The first kappa shape index (κ1) is 19.5. The van der Waals surface area contributed by atoms with Gasteiger partial charge < -0.3 is 19.5 Å². The van der Waals surface area contributed by atoms with Crippen LogP contribution in [0, 0.1) is 0 Å². The van der Waals surface area contributed by atoms with Crippen molar-refractivity contribution in [1.82, 2.24) is 5.32 Å². The lowest BCUT2D eigenvalue weighted by molar-refractivity contribution is -0.174. The van der Waals surface area contributed by atoms with Crippen molar-refractivity contribution in [3.8, 4) is 17.2 Å². The van der Waals surface area contributed by atoms with Crippen molar-refractivity contribution < 1.29 is 37.0 Å². The number of ketones is 1. The van der Waals surface area contributed by atoms with Gasteiger partial charge in [0.2, 0.25) is 5.75 Å². The Kier molecular flexibility index (Phi) is 5.29. The van der Waals surface area contributed by atoms with E-state index in [1.807, 2.05) is 0 Å². The van der Waals surface area contributed by atoms with Crippen LogP contribution in [0.3, 0.4) is 0 Å². The predicted octanol–water partition coefficient (Wildman–Crippen LogP) is 2.89. The Bertz CT molecular complexity index is 738. The second kappa shape index (κ2) is 6.80. The molecule has 0 spiro atoms. The maximum absolute atomic E-state index is 12.6. The van der Waals surface area contributed by atoms with Crippen LogP contribution >= 0.6 is 23.2 Å². The van der Waals surface area contributed by atoms with Gasteiger partial charge in [0.25, 0.3) is 0 Å². The zero-order chi connectivity index (χ0) is 19.1. The normalized spacial score (nSPS) is 19.4. The van der Waals surface area contributed by atoms with E-state index in [0.29, 0.717) is 0 Å². The summed E-state index contributed by atoms with van der Waals surface area (Å²) in [5, 5.41) is -0.0358. The monoisotopic (exact) mass is 401 g/mol. The van der Waals surface area contributed by atoms with Crippen molar-refractivity contribution >= 4 is 34.9 Å². The molecular weight excluding hydrogens is 390 g/mol. The van der Waals surface area contributed by atoms with Gasteiger partial charge in [-0.3, -0.25) is 9.59 Å². The van der Waals surface area contributed by atoms with Gasteiger partial charge in [-0.25, -0.2) is 0 Å². The number of Topliss-reactive ketones (excluding diaryl/α,β-unsaturated/α-hetero) is 1. The average molecular weight is 402 g/mol. The molecule has 0 fully saturated rings. The number of alkyl halides is 4. The van der Waals surface area contributed by atoms with Gasteiger partial charge in [-0.1, -0.05) is 11.6 Å². The molecule has 0 saturated carbocycles. The van der Waals surface area contributed by atoms with E-state index in [1.165, 1.54) is 21.3 Å². The first-order valence-corrected chi connectivity index (χ1v) is 7.48. The van der Waals surface area contributed by atoms with E-state index in [0.717, 1.165) is 0 Å². The number of hydrogen-bond acceptors (Lipinski definition) is 5. The van der Waals surface area contributed by atoms with Crippen LogP contribution in [0.2, 0.25) is 5.02 Å². The zero-order valence-electron chi connectivity index (χ0n) is 13.1. The number of ether oxygens (including phenoxy) is 3. The van der Waals surface area contributed by atoms with Gasteiger partial charge in [0.1, 0.15) is 5.38 Å². The summed E-state index contributed by atoms with van der Waals surface area (Å²) >= 11 is 12.1. The molecular formula is C14H12Cl2F3NO5. The molecule has 0 radical (unpaired) electrons. The highest BCUT2D eigenvalue weighted by atomic mass is 35.5. The van der Waals surface area contributed by atoms with E-state index in [4.69, 9.17) is 37.4 Å². The molecule has 25 heavy (non-hydrogen) atoms. The van der Waals surface area contributed by atoms with Crippen LogP contribution in [0.1, 0.15) is 22.0 Å². The van der Waals surface area contributed by atoms with Crippen LogP contribution < -0.4 is 19.5 Å². The van der Waals surface area contributed by atoms with Gasteiger partial charge in [-0.05, 0) is 0 Å². The fourth-order valence-corrected chi connectivity index (χ4v) is 3.25. The van der Waals surface area contributed by atoms with Crippen molar-refractivity contribution in [1.29, 1.82) is 0 Å². The van der Waals surface area contributed by atoms with E-state index in [2.05, 4.69) is 0 Å². The minimum atomic E-state index is -5.16. The Labute approximate surface area is 150 Å². The largest absolute Gasteiger partial charge is 0.492 e. The van der Waals surface area contributed by atoms with Crippen molar-refractivity contribution in [3.63, 3.8) is 0 Å². The summed E-state index contributed by atoms with van der Waals surface area (Å²) in [6, 6.07) is -1.51. The van der Waals surface area contributed by atoms with E-state index in [1.54, 1.807) is 5.32 Å². The molecule has 0 aliphatic heterocycles. The summed E-state index contributed by atoms with van der Waals surface area (Å²) in [6.07, 6.45) is -5.16. The van der Waals surface area contributed by atoms with Gasteiger partial charge >= 0.3 is 12.1 Å². The highest BCUT2D eigenvalue weighted by Crippen LogP contribution is 2.54. The predicted molar refractivity (Wildman–Crippen MR) is 82.0 cm³/mol. The molecule has 11 heteroatoms. The summed E-state index contributed by atoms with van der Waals surface area (Å²) in [6.45, 7) is 0. The molecule has 0 heterocycles. The Hall–Kier alpha value is -1.87. The number of methoxy groups -OCH3 is 3. The summed E-state index contributed by atoms with van der Waals surface area (Å²) < 4.78 is 53.1. The SMILES string of the molecule is COc1c(Cl)c2c(c(OC)c1OC)C(=O)C(Cl)C2NC(=O)C(F)(F)F. The van der Waals surface area contributed by atoms with Crippen LogP contribution in [0.15, 0.2) is 0 Å². The molecule has 2 atom stereocenters. The Morgan fingerprint density at radius 2 is 1.60 bits per heavy atom. The number of halogens is 5. The summed E-state index contributed by atoms with van der Waals surface area (Å²) in [7, 11) is 3.74. The number of hydrogen-bond donors (Lipinski definition) is 1. The zero-order valence-corrected chi connectivity index (χ0v) is 14.6. The van der Waals surface area contributed by atoms with Gasteiger partial charge in [-0.15, -0.1) is 11.6 Å². The quantitative estimate of drug-likeness (QED) is 0.785. The topological polar surface area (TPSA) is 73.9 Å². The van der Waals surface area contributed by atoms with Crippen LogP contribution in [-0.2, 0) is 4.79 Å². The lowest BCUT2D eigenvalue weighted by Crippen LogP contribution is -2.41. The molecule has 1 N–H and O–H groups in total. The van der Waals surface area contributed by atoms with Gasteiger partial charge in [0.05, 0.1) is 38.0 Å². The smallest absolute Gasteiger partial charge is 0.471 e.